The lowest BCUT2D eigenvalue weighted by Gasteiger charge is -2.27. The smallest absolute Gasteiger partial charge is 0.407 e. The molecule has 0 aliphatic rings. The molecule has 0 aromatic heterocycles. The van der Waals surface area contributed by atoms with Crippen LogP contribution in [0.3, 0.4) is 0 Å². The second-order valence-electron chi connectivity index (χ2n) is 4.62. The van der Waals surface area contributed by atoms with E-state index in [2.05, 4.69) is 35.9 Å². The van der Waals surface area contributed by atoms with Crippen molar-refractivity contribution in [1.82, 2.24) is 10.6 Å². The van der Waals surface area contributed by atoms with Crippen LogP contribution < -0.4 is 10.6 Å². The summed E-state index contributed by atoms with van der Waals surface area (Å²) >= 11 is 7.96. The van der Waals surface area contributed by atoms with E-state index in [0.29, 0.717) is 31.0 Å². The van der Waals surface area contributed by atoms with Crippen LogP contribution in [0.15, 0.2) is 0 Å². The largest absolute Gasteiger partial charge is 0.449 e. The van der Waals surface area contributed by atoms with E-state index in [0.717, 1.165) is 0 Å². The first-order valence-corrected chi connectivity index (χ1v) is 7.77. The van der Waals surface area contributed by atoms with Crippen molar-refractivity contribution in [2.24, 2.45) is 5.41 Å². The van der Waals surface area contributed by atoms with Gasteiger partial charge in [-0.25, -0.2) is 9.59 Å². The summed E-state index contributed by atoms with van der Waals surface area (Å²) in [5.41, 5.74) is -0.406. The molecule has 0 fully saturated rings. The maximum atomic E-state index is 11.3. The molecule has 8 heteroatoms. The summed E-state index contributed by atoms with van der Waals surface area (Å²) in [7, 11) is 0. The maximum absolute atomic E-state index is 11.3. The van der Waals surface area contributed by atoms with Crippen molar-refractivity contribution in [1.29, 1.82) is 0 Å². The van der Waals surface area contributed by atoms with E-state index in [1.54, 1.807) is 0 Å². The van der Waals surface area contributed by atoms with E-state index in [-0.39, 0.29) is 13.2 Å². The Labute approximate surface area is 131 Å². The molecular formula is C12H24N2O4S2. The zero-order valence-electron chi connectivity index (χ0n) is 12.0. The van der Waals surface area contributed by atoms with Gasteiger partial charge in [0.25, 0.3) is 0 Å². The van der Waals surface area contributed by atoms with Crippen molar-refractivity contribution in [2.75, 3.05) is 37.8 Å². The van der Waals surface area contributed by atoms with Crippen molar-refractivity contribution in [2.45, 2.75) is 20.3 Å². The Morgan fingerprint density at radius 3 is 1.70 bits per heavy atom. The lowest BCUT2D eigenvalue weighted by atomic mass is 9.90. The van der Waals surface area contributed by atoms with E-state index in [4.69, 9.17) is 9.47 Å². The van der Waals surface area contributed by atoms with Crippen LogP contribution in [-0.4, -0.2) is 50.0 Å². The highest BCUT2D eigenvalue weighted by Crippen LogP contribution is 2.22. The molecule has 0 spiro atoms. The van der Waals surface area contributed by atoms with Crippen LogP contribution in [-0.2, 0) is 9.47 Å². The fourth-order valence-electron chi connectivity index (χ4n) is 1.14. The molecule has 0 aliphatic carbocycles. The van der Waals surface area contributed by atoms with Gasteiger partial charge in [-0.15, -0.1) is 0 Å². The van der Waals surface area contributed by atoms with Gasteiger partial charge in [-0.3, -0.25) is 0 Å². The minimum absolute atomic E-state index is 0.182. The fourth-order valence-corrected chi connectivity index (χ4v) is 1.37. The first-order chi connectivity index (χ1) is 9.47. The topological polar surface area (TPSA) is 76.7 Å². The molecule has 0 rings (SSSR count). The van der Waals surface area contributed by atoms with Gasteiger partial charge in [0.15, 0.2) is 0 Å². The lowest BCUT2D eigenvalue weighted by Crippen LogP contribution is -2.36. The third-order valence-corrected chi connectivity index (χ3v) is 3.17. The van der Waals surface area contributed by atoms with Gasteiger partial charge >= 0.3 is 12.2 Å². The van der Waals surface area contributed by atoms with E-state index in [1.807, 2.05) is 13.8 Å². The fraction of sp³-hybridized carbons (Fsp3) is 0.833. The predicted octanol–water partition coefficient (Wildman–Crippen LogP) is 1.71. The molecule has 0 radical (unpaired) electrons. The molecule has 0 aromatic carbocycles. The highest BCUT2D eigenvalue weighted by Gasteiger charge is 2.26. The van der Waals surface area contributed by atoms with Crippen molar-refractivity contribution in [3.05, 3.63) is 0 Å². The molecule has 6 nitrogen and oxygen atoms in total. The normalized spacial score (nSPS) is 10.8. The Morgan fingerprint density at radius 2 is 1.40 bits per heavy atom. The van der Waals surface area contributed by atoms with Gasteiger partial charge in [-0.1, -0.05) is 13.8 Å². The van der Waals surface area contributed by atoms with Gasteiger partial charge in [0.2, 0.25) is 0 Å². The molecule has 20 heavy (non-hydrogen) atoms. The summed E-state index contributed by atoms with van der Waals surface area (Å²) in [4.78, 5) is 22.7. The highest BCUT2D eigenvalue weighted by molar-refractivity contribution is 7.80. The van der Waals surface area contributed by atoms with Crippen LogP contribution in [0.1, 0.15) is 20.3 Å². The molecule has 0 bridgehead atoms. The Balaban J connectivity index is 4.06. The number of nitrogens with one attached hydrogen (secondary N) is 2. The van der Waals surface area contributed by atoms with E-state index >= 15 is 0 Å². The monoisotopic (exact) mass is 324 g/mol. The van der Waals surface area contributed by atoms with Gasteiger partial charge in [-0.2, -0.15) is 25.3 Å². The minimum Gasteiger partial charge on any atom is -0.449 e. The minimum atomic E-state index is -0.488. The number of hydrogen-bond acceptors (Lipinski definition) is 6. The molecule has 0 atom stereocenters. The summed E-state index contributed by atoms with van der Waals surface area (Å²) in [5, 5.41) is 5.11. The van der Waals surface area contributed by atoms with Crippen molar-refractivity contribution in [3.63, 3.8) is 0 Å². The summed E-state index contributed by atoms with van der Waals surface area (Å²) in [6.45, 7) is 5.11. The maximum Gasteiger partial charge on any atom is 0.407 e. The summed E-state index contributed by atoms with van der Waals surface area (Å²) < 4.78 is 10.2. The van der Waals surface area contributed by atoms with Crippen molar-refractivity contribution in [3.8, 4) is 0 Å². The number of carbonyl (C=O) groups excluding carboxylic acids is 2. The molecule has 2 N–H and O–H groups in total. The predicted molar refractivity (Wildman–Crippen MR) is 84.8 cm³/mol. The summed E-state index contributed by atoms with van der Waals surface area (Å²) in [6.07, 6.45) is -0.260. The third-order valence-electron chi connectivity index (χ3n) is 2.72. The zero-order valence-corrected chi connectivity index (χ0v) is 13.8. The van der Waals surface area contributed by atoms with E-state index in [1.165, 1.54) is 0 Å². The van der Waals surface area contributed by atoms with E-state index < -0.39 is 17.6 Å². The van der Waals surface area contributed by atoms with E-state index in [9.17, 15) is 9.59 Å². The van der Waals surface area contributed by atoms with Crippen LogP contribution >= 0.6 is 25.3 Å². The Morgan fingerprint density at radius 1 is 1.00 bits per heavy atom. The average molecular weight is 324 g/mol. The lowest BCUT2D eigenvalue weighted by molar-refractivity contribution is 0.0347. The molecule has 118 valence electrons. The number of hydrogen-bond donors (Lipinski definition) is 4. The average Bonchev–Trinajstić information content (AvgIpc) is 2.46. The van der Waals surface area contributed by atoms with Crippen LogP contribution in [0.2, 0.25) is 0 Å². The zero-order chi connectivity index (χ0) is 15.4. The second-order valence-corrected chi connectivity index (χ2v) is 5.51. The van der Waals surface area contributed by atoms with Gasteiger partial charge in [0.1, 0.15) is 13.2 Å². The molecule has 2 amide bonds. The second kappa shape index (κ2) is 11.0. The number of alkyl carbamates (subject to hydrolysis) is 2. The SMILES string of the molecule is CCC(C)(COC(=O)NCCS)COC(=O)NCCS. The quantitative estimate of drug-likeness (QED) is 0.487. The summed E-state index contributed by atoms with van der Waals surface area (Å²) in [6, 6.07) is 0. The molecule has 0 saturated carbocycles. The van der Waals surface area contributed by atoms with Crippen LogP contribution in [0.5, 0.6) is 0 Å². The van der Waals surface area contributed by atoms with Crippen LogP contribution in [0, 0.1) is 5.41 Å². The molecule has 0 aromatic rings. The van der Waals surface area contributed by atoms with Crippen LogP contribution in [0.4, 0.5) is 9.59 Å². The number of ether oxygens (including phenoxy) is 2. The molecule has 0 aliphatic heterocycles. The molecule has 0 saturated heterocycles. The Kier molecular flexibility index (Phi) is 10.5. The van der Waals surface area contributed by atoms with Crippen LogP contribution in [0.25, 0.3) is 0 Å². The number of thiol groups is 2. The first kappa shape index (κ1) is 19.2. The Hall–Kier alpha value is -0.760. The van der Waals surface area contributed by atoms with Crippen molar-refractivity contribution < 1.29 is 19.1 Å². The van der Waals surface area contributed by atoms with Crippen molar-refractivity contribution >= 4 is 37.4 Å². The standard InChI is InChI=1S/C12H24N2O4S2/c1-3-12(2,8-17-10(15)13-4-6-19)9-18-11(16)14-5-7-20/h19-20H,3-9H2,1-2H3,(H,13,15)(H,14,16). The van der Waals surface area contributed by atoms with Gasteiger partial charge in [-0.05, 0) is 6.42 Å². The first-order valence-electron chi connectivity index (χ1n) is 6.50. The Bertz CT molecular complexity index is 279. The number of carbonyl (C=O) groups is 2. The molecular weight excluding hydrogens is 300 g/mol. The third kappa shape index (κ3) is 9.19. The van der Waals surface area contributed by atoms with Gasteiger partial charge in [0, 0.05) is 30.0 Å². The van der Waals surface area contributed by atoms with Gasteiger partial charge in [0.05, 0.1) is 0 Å². The number of rotatable bonds is 9. The van der Waals surface area contributed by atoms with Gasteiger partial charge < -0.3 is 20.1 Å². The summed E-state index contributed by atoms with van der Waals surface area (Å²) in [5.74, 6) is 1.10. The highest BCUT2D eigenvalue weighted by atomic mass is 32.1. The molecule has 0 heterocycles. The molecule has 0 unspecified atom stereocenters. The number of amides is 2.